The van der Waals surface area contributed by atoms with Crippen LogP contribution in [0.15, 0.2) is 48.8 Å². The molecule has 26 heavy (non-hydrogen) atoms. The zero-order valence-corrected chi connectivity index (χ0v) is 15.7. The number of fused-ring (bicyclic) bond motifs is 1. The molecule has 0 radical (unpaired) electrons. The molecule has 2 heterocycles. The first-order valence-corrected chi connectivity index (χ1v) is 9.26. The van der Waals surface area contributed by atoms with Gasteiger partial charge in [0.05, 0.1) is 5.39 Å². The second-order valence-electron chi connectivity index (χ2n) is 5.98. The molecule has 2 aromatic heterocycles. The van der Waals surface area contributed by atoms with E-state index in [9.17, 15) is 4.39 Å². The number of halogens is 2. The van der Waals surface area contributed by atoms with Gasteiger partial charge in [0.25, 0.3) is 0 Å². The Morgan fingerprint density at radius 3 is 2.58 bits per heavy atom. The molecule has 130 valence electrons. The number of thiophene rings is 1. The fourth-order valence-electron chi connectivity index (χ4n) is 2.97. The van der Waals surface area contributed by atoms with Gasteiger partial charge in [-0.3, -0.25) is 0 Å². The van der Waals surface area contributed by atoms with Crippen molar-refractivity contribution in [3.05, 3.63) is 70.1 Å². The van der Waals surface area contributed by atoms with E-state index in [1.807, 2.05) is 32.0 Å². The van der Waals surface area contributed by atoms with Crippen molar-refractivity contribution in [2.24, 2.45) is 0 Å². The van der Waals surface area contributed by atoms with Gasteiger partial charge in [-0.2, -0.15) is 0 Å². The van der Waals surface area contributed by atoms with E-state index in [0.717, 1.165) is 37.5 Å². The maximum absolute atomic E-state index is 13.3. The van der Waals surface area contributed by atoms with Crippen molar-refractivity contribution in [3.8, 4) is 11.1 Å². The van der Waals surface area contributed by atoms with Crippen LogP contribution in [0.1, 0.15) is 10.4 Å². The maximum Gasteiger partial charge on any atom is 0.143 e. The van der Waals surface area contributed by atoms with Gasteiger partial charge in [-0.25, -0.2) is 14.4 Å². The molecule has 0 atom stereocenters. The predicted molar refractivity (Wildman–Crippen MR) is 107 cm³/mol. The fourth-order valence-corrected chi connectivity index (χ4v) is 4.16. The minimum atomic E-state index is -0.255. The van der Waals surface area contributed by atoms with Crippen LogP contribution < -0.4 is 5.32 Å². The lowest BCUT2D eigenvalue weighted by Crippen LogP contribution is -1.98. The van der Waals surface area contributed by atoms with Crippen molar-refractivity contribution < 1.29 is 4.39 Å². The van der Waals surface area contributed by atoms with Crippen LogP contribution in [-0.4, -0.2) is 9.97 Å². The molecular formula is C20H15ClFN3S. The van der Waals surface area contributed by atoms with Crippen LogP contribution in [0.5, 0.6) is 0 Å². The molecule has 6 heteroatoms. The van der Waals surface area contributed by atoms with Gasteiger partial charge in [0.1, 0.15) is 22.8 Å². The lowest BCUT2D eigenvalue weighted by Gasteiger charge is -2.12. The molecule has 0 saturated heterocycles. The number of nitrogens with zero attached hydrogens (tertiary/aromatic N) is 2. The number of anilines is 2. The second-order valence-corrected chi connectivity index (χ2v) is 7.59. The van der Waals surface area contributed by atoms with E-state index in [1.54, 1.807) is 29.8 Å². The zero-order chi connectivity index (χ0) is 18.3. The standard InChI is InChI=1S/C20H15ClFN3S/c1-11-15(21)4-3-5-16(11)25-19-18-17(13-6-8-14(22)9-7-13)12(2)26-20(18)24-10-23-19/h3-10H,1-2H3,(H,23,24,25). The maximum atomic E-state index is 13.3. The molecule has 0 saturated carbocycles. The summed E-state index contributed by atoms with van der Waals surface area (Å²) in [7, 11) is 0. The van der Waals surface area contributed by atoms with Gasteiger partial charge in [-0.05, 0) is 49.2 Å². The topological polar surface area (TPSA) is 37.8 Å². The second kappa shape index (κ2) is 6.67. The molecule has 3 nitrogen and oxygen atoms in total. The van der Waals surface area contributed by atoms with Gasteiger partial charge >= 0.3 is 0 Å². The summed E-state index contributed by atoms with van der Waals surface area (Å²) in [6.45, 7) is 4.00. The quantitative estimate of drug-likeness (QED) is 0.438. The van der Waals surface area contributed by atoms with E-state index < -0.39 is 0 Å². The minimum absolute atomic E-state index is 0.255. The molecule has 0 aliphatic carbocycles. The number of rotatable bonds is 3. The van der Waals surface area contributed by atoms with E-state index in [2.05, 4.69) is 15.3 Å². The van der Waals surface area contributed by atoms with Crippen molar-refractivity contribution >= 4 is 44.7 Å². The average molecular weight is 384 g/mol. The van der Waals surface area contributed by atoms with E-state index in [0.29, 0.717) is 10.8 Å². The number of benzene rings is 2. The molecule has 2 aromatic carbocycles. The Morgan fingerprint density at radius 2 is 1.81 bits per heavy atom. The predicted octanol–water partition coefficient (Wildman–Crippen LogP) is 6.51. The van der Waals surface area contributed by atoms with Gasteiger partial charge in [0, 0.05) is 21.2 Å². The first kappa shape index (κ1) is 16.9. The lowest BCUT2D eigenvalue weighted by molar-refractivity contribution is 0.628. The third kappa shape index (κ3) is 2.93. The third-order valence-electron chi connectivity index (χ3n) is 4.32. The molecule has 0 aliphatic rings. The Labute approximate surface area is 159 Å². The lowest BCUT2D eigenvalue weighted by atomic mass is 10.0. The molecular weight excluding hydrogens is 369 g/mol. The van der Waals surface area contributed by atoms with Crippen molar-refractivity contribution in [3.63, 3.8) is 0 Å². The normalized spacial score (nSPS) is 11.1. The van der Waals surface area contributed by atoms with Gasteiger partial charge in [-0.15, -0.1) is 11.3 Å². The van der Waals surface area contributed by atoms with Crippen molar-refractivity contribution in [2.45, 2.75) is 13.8 Å². The highest BCUT2D eigenvalue weighted by Crippen LogP contribution is 2.41. The Bertz CT molecular complexity index is 1110. The summed E-state index contributed by atoms with van der Waals surface area (Å²) < 4.78 is 13.3. The summed E-state index contributed by atoms with van der Waals surface area (Å²) in [5, 5.41) is 5.01. The first-order valence-electron chi connectivity index (χ1n) is 8.07. The molecule has 1 N–H and O–H groups in total. The monoisotopic (exact) mass is 383 g/mol. The summed E-state index contributed by atoms with van der Waals surface area (Å²) >= 11 is 7.84. The van der Waals surface area contributed by atoms with Gasteiger partial charge in [-0.1, -0.05) is 29.8 Å². The van der Waals surface area contributed by atoms with Crippen LogP contribution in [0.25, 0.3) is 21.3 Å². The fraction of sp³-hybridized carbons (Fsp3) is 0.100. The Hall–Kier alpha value is -2.50. The van der Waals surface area contributed by atoms with Crippen LogP contribution >= 0.6 is 22.9 Å². The third-order valence-corrected chi connectivity index (χ3v) is 5.74. The molecule has 0 amide bonds. The molecule has 4 aromatic rings. The van der Waals surface area contributed by atoms with E-state index >= 15 is 0 Å². The number of hydrogen-bond acceptors (Lipinski definition) is 4. The highest BCUT2D eigenvalue weighted by atomic mass is 35.5. The van der Waals surface area contributed by atoms with Crippen LogP contribution in [0.4, 0.5) is 15.9 Å². The summed E-state index contributed by atoms with van der Waals surface area (Å²) in [6.07, 6.45) is 1.55. The molecule has 0 bridgehead atoms. The van der Waals surface area contributed by atoms with Crippen LogP contribution in [0.2, 0.25) is 5.02 Å². The summed E-state index contributed by atoms with van der Waals surface area (Å²) in [4.78, 5) is 10.9. The highest BCUT2D eigenvalue weighted by molar-refractivity contribution is 7.19. The summed E-state index contributed by atoms with van der Waals surface area (Å²) in [5.74, 6) is 0.458. The first-order chi connectivity index (χ1) is 12.5. The summed E-state index contributed by atoms with van der Waals surface area (Å²) in [6, 6.07) is 12.2. The van der Waals surface area contributed by atoms with E-state index in [-0.39, 0.29) is 5.82 Å². The summed E-state index contributed by atoms with van der Waals surface area (Å²) in [5.41, 5.74) is 3.81. The van der Waals surface area contributed by atoms with E-state index in [4.69, 9.17) is 11.6 Å². The SMILES string of the molecule is Cc1sc2ncnc(Nc3cccc(Cl)c3C)c2c1-c1ccc(F)cc1. The molecule has 0 unspecified atom stereocenters. The Balaban J connectivity index is 1.91. The molecule has 0 fully saturated rings. The molecule has 4 rings (SSSR count). The Morgan fingerprint density at radius 1 is 1.04 bits per heavy atom. The smallest absolute Gasteiger partial charge is 0.143 e. The van der Waals surface area contributed by atoms with Crippen molar-refractivity contribution in [1.29, 1.82) is 0 Å². The molecule has 0 aliphatic heterocycles. The van der Waals surface area contributed by atoms with Gasteiger partial charge in [0.15, 0.2) is 0 Å². The molecule has 0 spiro atoms. The number of nitrogens with one attached hydrogen (secondary N) is 1. The highest BCUT2D eigenvalue weighted by Gasteiger charge is 2.17. The van der Waals surface area contributed by atoms with Gasteiger partial charge < -0.3 is 5.32 Å². The average Bonchev–Trinajstić information content (AvgIpc) is 2.97. The number of aryl methyl sites for hydroxylation is 1. The van der Waals surface area contributed by atoms with Crippen LogP contribution in [0.3, 0.4) is 0 Å². The van der Waals surface area contributed by atoms with Crippen molar-refractivity contribution in [1.82, 2.24) is 9.97 Å². The zero-order valence-electron chi connectivity index (χ0n) is 14.2. The van der Waals surface area contributed by atoms with Crippen molar-refractivity contribution in [2.75, 3.05) is 5.32 Å². The van der Waals surface area contributed by atoms with Gasteiger partial charge in [0.2, 0.25) is 0 Å². The van der Waals surface area contributed by atoms with Crippen LogP contribution in [-0.2, 0) is 0 Å². The largest absolute Gasteiger partial charge is 0.339 e. The number of aromatic nitrogens is 2. The number of hydrogen-bond donors (Lipinski definition) is 1. The Kier molecular flexibility index (Phi) is 4.34. The van der Waals surface area contributed by atoms with Crippen LogP contribution in [0, 0.1) is 19.7 Å². The van der Waals surface area contributed by atoms with E-state index in [1.165, 1.54) is 12.1 Å². The minimum Gasteiger partial charge on any atom is -0.339 e.